The van der Waals surface area contributed by atoms with Crippen molar-refractivity contribution >= 4 is 35.3 Å². The van der Waals surface area contributed by atoms with Crippen molar-refractivity contribution in [3.05, 3.63) is 23.9 Å². The SMILES string of the molecule is CC1CCN(c2nc(/C=C/C(=O)O)ccc2NC(=O)C2=NCC(C#N)N2)CC1. The van der Waals surface area contributed by atoms with Gasteiger partial charge in [-0.1, -0.05) is 6.92 Å². The fourth-order valence-electron chi connectivity index (χ4n) is 3.10. The van der Waals surface area contributed by atoms with Gasteiger partial charge in [0.25, 0.3) is 5.91 Å². The number of anilines is 2. The van der Waals surface area contributed by atoms with Crippen molar-refractivity contribution in [3.8, 4) is 6.07 Å². The fourth-order valence-corrected chi connectivity index (χ4v) is 3.10. The first-order valence-electron chi connectivity index (χ1n) is 9.15. The van der Waals surface area contributed by atoms with Crippen LogP contribution in [0.3, 0.4) is 0 Å². The summed E-state index contributed by atoms with van der Waals surface area (Å²) in [6.07, 6.45) is 4.48. The average Bonchev–Trinajstić information content (AvgIpc) is 3.17. The van der Waals surface area contributed by atoms with Gasteiger partial charge in [0.1, 0.15) is 6.04 Å². The zero-order valence-electron chi connectivity index (χ0n) is 15.6. The number of piperidine rings is 1. The van der Waals surface area contributed by atoms with Gasteiger partial charge in [-0.2, -0.15) is 5.26 Å². The number of rotatable bonds is 5. The van der Waals surface area contributed by atoms with Gasteiger partial charge in [-0.3, -0.25) is 9.79 Å². The van der Waals surface area contributed by atoms with Crippen LogP contribution in [0.2, 0.25) is 0 Å². The molecule has 0 spiro atoms. The predicted molar refractivity (Wildman–Crippen MR) is 105 cm³/mol. The molecule has 28 heavy (non-hydrogen) atoms. The summed E-state index contributed by atoms with van der Waals surface area (Å²) in [6.45, 7) is 4.06. The smallest absolute Gasteiger partial charge is 0.328 e. The van der Waals surface area contributed by atoms with Crippen molar-refractivity contribution in [1.82, 2.24) is 10.3 Å². The van der Waals surface area contributed by atoms with E-state index in [-0.39, 0.29) is 12.4 Å². The molecule has 1 aromatic heterocycles. The molecule has 0 aliphatic carbocycles. The van der Waals surface area contributed by atoms with E-state index in [0.29, 0.717) is 23.1 Å². The number of carboxylic acids is 1. The first-order chi connectivity index (χ1) is 13.5. The van der Waals surface area contributed by atoms with Crippen LogP contribution in [-0.2, 0) is 9.59 Å². The summed E-state index contributed by atoms with van der Waals surface area (Å²) in [6, 6.07) is 4.89. The van der Waals surface area contributed by atoms with Crippen LogP contribution in [0.5, 0.6) is 0 Å². The zero-order valence-corrected chi connectivity index (χ0v) is 15.6. The molecular formula is C19H22N6O3. The van der Waals surface area contributed by atoms with Gasteiger partial charge < -0.3 is 20.6 Å². The number of hydrogen-bond donors (Lipinski definition) is 3. The second-order valence-electron chi connectivity index (χ2n) is 6.92. The number of nitrogens with one attached hydrogen (secondary N) is 2. The Morgan fingerprint density at radius 3 is 2.79 bits per heavy atom. The molecule has 0 bridgehead atoms. The molecule has 1 aromatic rings. The van der Waals surface area contributed by atoms with Crippen LogP contribution in [0.4, 0.5) is 11.5 Å². The van der Waals surface area contributed by atoms with Crippen molar-refractivity contribution in [2.45, 2.75) is 25.8 Å². The zero-order chi connectivity index (χ0) is 20.1. The summed E-state index contributed by atoms with van der Waals surface area (Å²) in [7, 11) is 0. The molecule has 1 saturated heterocycles. The molecule has 1 unspecified atom stereocenters. The molecule has 146 valence electrons. The van der Waals surface area contributed by atoms with E-state index in [9.17, 15) is 9.59 Å². The monoisotopic (exact) mass is 382 g/mol. The van der Waals surface area contributed by atoms with Crippen molar-refractivity contribution in [3.63, 3.8) is 0 Å². The standard InChI is InChI=1S/C19H22N6O3/c1-12-6-8-25(9-7-12)18-15(4-2-13(23-18)3-5-16(26)27)24-19(28)17-21-11-14(10-20)22-17/h2-5,12,14H,6-9,11H2,1H3,(H,21,22)(H,24,28)(H,26,27)/b5-3+. The number of hydrogen-bond acceptors (Lipinski definition) is 7. The minimum absolute atomic E-state index is 0.125. The maximum absolute atomic E-state index is 12.5. The molecule has 0 aromatic carbocycles. The van der Waals surface area contributed by atoms with E-state index in [1.54, 1.807) is 12.1 Å². The van der Waals surface area contributed by atoms with Gasteiger partial charge in [-0.25, -0.2) is 9.78 Å². The molecular weight excluding hydrogens is 360 g/mol. The lowest BCUT2D eigenvalue weighted by Gasteiger charge is -2.32. The second-order valence-corrected chi connectivity index (χ2v) is 6.92. The predicted octanol–water partition coefficient (Wildman–Crippen LogP) is 1.25. The van der Waals surface area contributed by atoms with Gasteiger partial charge >= 0.3 is 5.97 Å². The summed E-state index contributed by atoms with van der Waals surface area (Å²) in [5.41, 5.74) is 1.02. The van der Waals surface area contributed by atoms with Crippen LogP contribution in [0, 0.1) is 17.2 Å². The topological polar surface area (TPSA) is 131 Å². The van der Waals surface area contributed by atoms with Crippen LogP contribution >= 0.6 is 0 Å². The van der Waals surface area contributed by atoms with Crippen LogP contribution in [0.25, 0.3) is 6.08 Å². The molecule has 9 heteroatoms. The lowest BCUT2D eigenvalue weighted by molar-refractivity contribution is -0.131. The number of carboxylic acid groups (broad SMARTS) is 1. The van der Waals surface area contributed by atoms with Crippen LogP contribution in [0.15, 0.2) is 23.2 Å². The molecule has 1 atom stereocenters. The third kappa shape index (κ3) is 4.65. The highest BCUT2D eigenvalue weighted by Crippen LogP contribution is 2.29. The Bertz CT molecular complexity index is 865. The summed E-state index contributed by atoms with van der Waals surface area (Å²) in [5, 5.41) is 23.3. The van der Waals surface area contributed by atoms with Crippen LogP contribution in [-0.4, -0.2) is 53.5 Å². The van der Waals surface area contributed by atoms with Gasteiger partial charge in [-0.15, -0.1) is 0 Å². The number of pyridine rings is 1. The Hall–Kier alpha value is -3.41. The van der Waals surface area contributed by atoms with Crippen molar-refractivity contribution in [2.24, 2.45) is 10.9 Å². The third-order valence-electron chi connectivity index (χ3n) is 4.74. The minimum atomic E-state index is -1.05. The Kier molecular flexibility index (Phi) is 5.89. The number of amides is 1. The number of aromatic nitrogens is 1. The lowest BCUT2D eigenvalue weighted by Crippen LogP contribution is -2.38. The van der Waals surface area contributed by atoms with E-state index in [1.165, 1.54) is 6.08 Å². The van der Waals surface area contributed by atoms with Crippen LogP contribution < -0.4 is 15.5 Å². The number of nitriles is 1. The van der Waals surface area contributed by atoms with Crippen molar-refractivity contribution < 1.29 is 14.7 Å². The van der Waals surface area contributed by atoms with E-state index in [4.69, 9.17) is 10.4 Å². The van der Waals surface area contributed by atoms with Crippen molar-refractivity contribution in [2.75, 3.05) is 29.9 Å². The number of nitrogens with zero attached hydrogens (tertiary/aromatic N) is 4. The number of carbonyl (C=O) groups excluding carboxylic acids is 1. The molecule has 2 aliphatic heterocycles. The van der Waals surface area contributed by atoms with Gasteiger partial charge in [-0.05, 0) is 37.0 Å². The first-order valence-corrected chi connectivity index (χ1v) is 9.15. The Morgan fingerprint density at radius 2 is 2.14 bits per heavy atom. The molecule has 3 N–H and O–H groups in total. The number of aliphatic carboxylic acids is 1. The van der Waals surface area contributed by atoms with E-state index in [0.717, 1.165) is 32.0 Å². The molecule has 3 heterocycles. The van der Waals surface area contributed by atoms with E-state index < -0.39 is 17.9 Å². The lowest BCUT2D eigenvalue weighted by atomic mass is 9.99. The highest BCUT2D eigenvalue weighted by molar-refractivity contribution is 6.42. The molecule has 9 nitrogen and oxygen atoms in total. The van der Waals surface area contributed by atoms with Gasteiger partial charge in [0.05, 0.1) is 24.0 Å². The summed E-state index contributed by atoms with van der Waals surface area (Å²) in [4.78, 5) is 34.0. The average molecular weight is 382 g/mol. The molecule has 1 fully saturated rings. The molecule has 0 saturated carbocycles. The van der Waals surface area contributed by atoms with E-state index >= 15 is 0 Å². The van der Waals surface area contributed by atoms with E-state index in [1.807, 2.05) is 6.07 Å². The van der Waals surface area contributed by atoms with Gasteiger partial charge in [0.2, 0.25) is 0 Å². The van der Waals surface area contributed by atoms with Gasteiger partial charge in [0, 0.05) is 19.2 Å². The maximum atomic E-state index is 12.5. The summed E-state index contributed by atoms with van der Waals surface area (Å²) >= 11 is 0. The fraction of sp³-hybridized carbons (Fsp3) is 0.421. The van der Waals surface area contributed by atoms with E-state index in [2.05, 4.69) is 32.4 Å². The van der Waals surface area contributed by atoms with Gasteiger partial charge in [0.15, 0.2) is 11.7 Å². The third-order valence-corrected chi connectivity index (χ3v) is 4.74. The summed E-state index contributed by atoms with van der Waals surface area (Å²) < 4.78 is 0. The molecule has 1 amide bonds. The maximum Gasteiger partial charge on any atom is 0.328 e. The van der Waals surface area contributed by atoms with Crippen molar-refractivity contribution in [1.29, 1.82) is 5.26 Å². The normalized spacial score (nSPS) is 19.8. The number of aliphatic imine (C=N–C) groups is 1. The number of carbonyl (C=O) groups is 2. The Morgan fingerprint density at radius 1 is 1.39 bits per heavy atom. The highest BCUT2D eigenvalue weighted by Gasteiger charge is 2.25. The first kappa shape index (κ1) is 19.4. The van der Waals surface area contributed by atoms with Crippen LogP contribution in [0.1, 0.15) is 25.5 Å². The quantitative estimate of drug-likeness (QED) is 0.653. The largest absolute Gasteiger partial charge is 0.478 e. The molecule has 0 radical (unpaired) electrons. The Labute approximate surface area is 162 Å². The summed E-state index contributed by atoms with van der Waals surface area (Å²) in [5.74, 6) is -0.128. The minimum Gasteiger partial charge on any atom is -0.478 e. The second kappa shape index (κ2) is 8.52. The Balaban J connectivity index is 1.83. The number of amidine groups is 1. The molecule has 2 aliphatic rings. The highest BCUT2D eigenvalue weighted by atomic mass is 16.4. The molecule has 3 rings (SSSR count).